The van der Waals surface area contributed by atoms with E-state index < -0.39 is 35.9 Å². The van der Waals surface area contributed by atoms with Crippen LogP contribution in [0.5, 0.6) is 0 Å². The Morgan fingerprint density at radius 3 is 1.95 bits per heavy atom. The molecular formula is C61H80N8O9. The maximum absolute atomic E-state index is 14.1. The molecule has 6 amide bonds. The number of hydrogen-bond acceptors (Lipinski definition) is 10. The fraction of sp³-hybridized carbons (Fsp3) is 0.557. The van der Waals surface area contributed by atoms with Gasteiger partial charge in [-0.15, -0.1) is 0 Å². The highest BCUT2D eigenvalue weighted by atomic mass is 16.6. The number of rotatable bonds is 13. The molecule has 4 N–H and O–H groups in total. The highest BCUT2D eigenvalue weighted by Crippen LogP contribution is 2.57. The van der Waals surface area contributed by atoms with E-state index in [2.05, 4.69) is 70.3 Å². The zero-order valence-corrected chi connectivity index (χ0v) is 47.2. The predicted octanol–water partition coefficient (Wildman–Crippen LogP) is 10.3. The van der Waals surface area contributed by atoms with E-state index in [1.807, 2.05) is 82.7 Å². The summed E-state index contributed by atoms with van der Waals surface area (Å²) in [6, 6.07) is 18.7. The van der Waals surface area contributed by atoms with Gasteiger partial charge in [-0.25, -0.2) is 19.4 Å². The molecule has 17 nitrogen and oxygen atoms in total. The molecule has 6 unspecified atom stereocenters. The first-order valence-electron chi connectivity index (χ1n) is 28.2. The van der Waals surface area contributed by atoms with E-state index >= 15 is 0 Å². The molecular weight excluding hydrogens is 989 g/mol. The van der Waals surface area contributed by atoms with Crippen molar-refractivity contribution in [3.8, 4) is 33.5 Å². The molecule has 78 heavy (non-hydrogen) atoms. The van der Waals surface area contributed by atoms with Crippen LogP contribution in [0.15, 0.2) is 66.9 Å². The lowest BCUT2D eigenvalue weighted by atomic mass is 9.78. The number of benzene rings is 3. The Morgan fingerprint density at radius 1 is 0.718 bits per heavy atom. The Balaban J connectivity index is 0.977. The standard InChI is InChI=1S/C61H80N8O9/c1-35(2)51(65-57(73)76-9)55(71)68-27-12-16-49(68)53-62-34-48(64-53)39-20-18-38(19-21-39)44-22-23-45(47-33-61(32-46(44)47)26-24-41(31-61)43-25-29-67(37(43)5)59(75)78-60(6,7)8)40-14-11-15-42(30-40)63-54(70)50-17-13-28-69(50)56(72)52(36(3)4)66-58(74)77-10/h11,14-15,18-23,30,34-37,41,43,49-52H,12-13,16-17,24-29,31-33H2,1-10H3,(H,62,64)(H,63,70)(H,65,73)(H,66,74)/t37-,41?,43?,49?,50?,51?,52+,61?/m1/s1. The number of nitrogens with one attached hydrogen (secondary N) is 4. The number of imidazole rings is 1. The van der Waals surface area contributed by atoms with Crippen molar-refractivity contribution in [2.75, 3.05) is 39.2 Å². The number of carbonyl (C=O) groups is 6. The molecule has 8 atom stereocenters. The second kappa shape index (κ2) is 22.8. The average molecular weight is 1070 g/mol. The number of likely N-dealkylation sites (tertiary alicyclic amines) is 3. The monoisotopic (exact) mass is 1070 g/mol. The van der Waals surface area contributed by atoms with Crippen molar-refractivity contribution in [2.24, 2.45) is 29.1 Å². The quantitative estimate of drug-likeness (QED) is 0.0933. The lowest BCUT2D eigenvalue weighted by molar-refractivity contribution is -0.139. The second-order valence-corrected chi connectivity index (χ2v) is 24.3. The Bertz CT molecular complexity index is 2890. The van der Waals surface area contributed by atoms with Crippen LogP contribution in [-0.4, -0.2) is 124 Å². The summed E-state index contributed by atoms with van der Waals surface area (Å²) >= 11 is 0. The van der Waals surface area contributed by atoms with Gasteiger partial charge in [0.1, 0.15) is 29.6 Å². The number of amides is 6. The van der Waals surface area contributed by atoms with Gasteiger partial charge in [0.25, 0.3) is 0 Å². The van der Waals surface area contributed by atoms with Gasteiger partial charge in [0.2, 0.25) is 17.7 Å². The zero-order chi connectivity index (χ0) is 55.8. The molecule has 3 aliphatic heterocycles. The van der Waals surface area contributed by atoms with Crippen molar-refractivity contribution in [1.29, 1.82) is 0 Å². The smallest absolute Gasteiger partial charge is 0.410 e. The number of fused-ring (bicyclic) bond motifs is 1. The predicted molar refractivity (Wildman–Crippen MR) is 298 cm³/mol. The van der Waals surface area contributed by atoms with Gasteiger partial charge >= 0.3 is 18.3 Å². The first-order valence-corrected chi connectivity index (χ1v) is 28.2. The molecule has 2 aliphatic carbocycles. The summed E-state index contributed by atoms with van der Waals surface area (Å²) in [6.07, 6.45) is 9.11. The van der Waals surface area contributed by atoms with Crippen LogP contribution in [-0.2, 0) is 41.4 Å². The Labute approximate surface area is 459 Å². The summed E-state index contributed by atoms with van der Waals surface area (Å²) < 4.78 is 15.5. The molecule has 0 bridgehead atoms. The van der Waals surface area contributed by atoms with Crippen LogP contribution in [0.25, 0.3) is 33.5 Å². The first kappa shape index (κ1) is 55.8. The maximum Gasteiger partial charge on any atom is 0.410 e. The molecule has 17 heteroatoms. The molecule has 4 heterocycles. The minimum atomic E-state index is -0.828. The van der Waals surface area contributed by atoms with Crippen LogP contribution < -0.4 is 16.0 Å². The SMILES string of the molecule is COC(=O)NC(C(=O)N1CCCC1c1ncc(-c2ccc(-c3ccc(-c4cccc(NC(=O)C5CCCN5C(=O)[C@@H](NC(=O)OC)C(C)C)c4)c4c3CC3(CCC(C5CCN(C(=O)OC(C)(C)C)[C@@H]5C)C3)C4)cc2)[nH]1)C(C)C. The van der Waals surface area contributed by atoms with E-state index in [1.54, 1.807) is 4.90 Å². The summed E-state index contributed by atoms with van der Waals surface area (Å²) in [5.41, 5.74) is 9.01. The van der Waals surface area contributed by atoms with Gasteiger partial charge in [0.15, 0.2) is 0 Å². The van der Waals surface area contributed by atoms with E-state index in [9.17, 15) is 28.8 Å². The Kier molecular flexibility index (Phi) is 16.3. The van der Waals surface area contributed by atoms with Crippen molar-refractivity contribution in [3.63, 3.8) is 0 Å². The van der Waals surface area contributed by atoms with Gasteiger partial charge in [-0.1, -0.05) is 76.2 Å². The van der Waals surface area contributed by atoms with E-state index in [0.29, 0.717) is 55.8 Å². The molecule has 4 aromatic rings. The van der Waals surface area contributed by atoms with Crippen LogP contribution in [0.1, 0.15) is 130 Å². The molecule has 4 fully saturated rings. The van der Waals surface area contributed by atoms with Crippen LogP contribution in [0.4, 0.5) is 20.1 Å². The number of hydrogen-bond donors (Lipinski definition) is 4. The van der Waals surface area contributed by atoms with Gasteiger partial charge in [-0.2, -0.15) is 0 Å². The Hall–Kier alpha value is -6.91. The minimum absolute atomic E-state index is 0.0457. The van der Waals surface area contributed by atoms with Crippen molar-refractivity contribution in [3.05, 3.63) is 83.8 Å². The number of carbonyl (C=O) groups excluding carboxylic acids is 6. The number of methoxy groups -OCH3 is 2. The molecule has 1 saturated carbocycles. The molecule has 9 rings (SSSR count). The second-order valence-electron chi connectivity index (χ2n) is 24.3. The number of aromatic amines is 1. The summed E-state index contributed by atoms with van der Waals surface area (Å²) in [7, 11) is 2.55. The molecule has 1 spiro atoms. The lowest BCUT2D eigenvalue weighted by Gasteiger charge is -2.31. The van der Waals surface area contributed by atoms with Gasteiger partial charge in [-0.3, -0.25) is 14.4 Å². The molecule has 3 aromatic carbocycles. The van der Waals surface area contributed by atoms with Crippen molar-refractivity contribution < 1.29 is 43.0 Å². The number of H-pyrrole nitrogens is 1. The van der Waals surface area contributed by atoms with Gasteiger partial charge in [0, 0.05) is 31.4 Å². The average Bonchev–Trinajstić information content (AvgIpc) is 4.45. The fourth-order valence-corrected chi connectivity index (χ4v) is 13.4. The highest BCUT2D eigenvalue weighted by Gasteiger charge is 2.50. The molecule has 1 aromatic heterocycles. The third-order valence-electron chi connectivity index (χ3n) is 17.3. The van der Waals surface area contributed by atoms with Gasteiger partial charge < -0.3 is 49.8 Å². The number of anilines is 1. The fourth-order valence-electron chi connectivity index (χ4n) is 13.4. The number of nitrogens with zero attached hydrogens (tertiary/aromatic N) is 4. The lowest BCUT2D eigenvalue weighted by Crippen LogP contribution is -2.54. The third-order valence-corrected chi connectivity index (χ3v) is 17.3. The maximum atomic E-state index is 14.1. The van der Waals surface area contributed by atoms with E-state index in [4.69, 9.17) is 19.2 Å². The largest absolute Gasteiger partial charge is 0.453 e. The third kappa shape index (κ3) is 11.6. The van der Waals surface area contributed by atoms with Gasteiger partial charge in [0.05, 0.1) is 32.2 Å². The minimum Gasteiger partial charge on any atom is -0.453 e. The van der Waals surface area contributed by atoms with Crippen molar-refractivity contribution in [2.45, 2.75) is 155 Å². The zero-order valence-electron chi connectivity index (χ0n) is 47.2. The normalized spacial score (nSPS) is 23.6. The van der Waals surface area contributed by atoms with Crippen LogP contribution in [0.2, 0.25) is 0 Å². The summed E-state index contributed by atoms with van der Waals surface area (Å²) in [5.74, 6) is 0.503. The van der Waals surface area contributed by atoms with Crippen molar-refractivity contribution >= 4 is 41.7 Å². The highest BCUT2D eigenvalue weighted by molar-refractivity contribution is 5.99. The summed E-state index contributed by atoms with van der Waals surface area (Å²) in [6.45, 7) is 17.2. The number of ether oxygens (including phenoxy) is 3. The summed E-state index contributed by atoms with van der Waals surface area (Å²) in [4.78, 5) is 93.1. The van der Waals surface area contributed by atoms with Crippen LogP contribution in [0.3, 0.4) is 0 Å². The van der Waals surface area contributed by atoms with Gasteiger partial charge in [-0.05, 0) is 172 Å². The number of aromatic nitrogens is 2. The number of alkyl carbamates (subject to hydrolysis) is 2. The van der Waals surface area contributed by atoms with Crippen LogP contribution in [0, 0.1) is 29.1 Å². The Morgan fingerprint density at radius 2 is 1.32 bits per heavy atom. The molecule has 418 valence electrons. The van der Waals surface area contributed by atoms with Crippen LogP contribution >= 0.6 is 0 Å². The first-order chi connectivity index (χ1) is 37.2. The molecule has 0 radical (unpaired) electrons. The van der Waals surface area contributed by atoms with Crippen molar-refractivity contribution in [1.82, 2.24) is 35.3 Å². The van der Waals surface area contributed by atoms with E-state index in [0.717, 1.165) is 79.3 Å². The molecule has 5 aliphatic rings. The topological polar surface area (TPSA) is 205 Å². The molecule has 3 saturated heterocycles. The summed E-state index contributed by atoms with van der Waals surface area (Å²) in [5, 5.41) is 8.55. The van der Waals surface area contributed by atoms with E-state index in [-0.39, 0.29) is 53.1 Å². The van der Waals surface area contributed by atoms with E-state index in [1.165, 1.54) is 30.9 Å².